The maximum Gasteiger partial charge on any atom is 0.126 e. The first-order valence-corrected chi connectivity index (χ1v) is 7.53. The van der Waals surface area contributed by atoms with E-state index in [1.807, 2.05) is 13.0 Å². The Hall–Kier alpha value is -1.90. The molecule has 1 nitrogen and oxygen atoms in total. The van der Waals surface area contributed by atoms with Gasteiger partial charge in [0.2, 0.25) is 0 Å². The summed E-state index contributed by atoms with van der Waals surface area (Å²) in [6, 6.07) is 9.83. The second-order valence-electron chi connectivity index (χ2n) is 6.04. The van der Waals surface area contributed by atoms with Crippen molar-refractivity contribution in [3.05, 3.63) is 64.7 Å². The van der Waals surface area contributed by atoms with Crippen molar-refractivity contribution in [2.24, 2.45) is 0 Å². The molecule has 0 aliphatic rings. The number of methoxy groups -OCH3 is 1. The summed E-state index contributed by atoms with van der Waals surface area (Å²) in [6.45, 7) is 6.21. The van der Waals surface area contributed by atoms with E-state index in [0.717, 1.165) is 22.9 Å². The lowest BCUT2D eigenvalue weighted by Crippen LogP contribution is -2.02. The first-order valence-electron chi connectivity index (χ1n) is 7.53. The molecule has 2 aromatic carbocycles. The molecule has 0 saturated carbocycles. The zero-order valence-corrected chi connectivity index (χ0v) is 13.5. The Kier molecular flexibility index (Phi) is 5.17. The van der Waals surface area contributed by atoms with Gasteiger partial charge in [-0.3, -0.25) is 0 Å². The Morgan fingerprint density at radius 2 is 1.59 bits per heavy atom. The Labute approximate surface area is 130 Å². The smallest absolute Gasteiger partial charge is 0.126 e. The molecule has 0 bridgehead atoms. The predicted molar refractivity (Wildman–Crippen MR) is 85.6 cm³/mol. The lowest BCUT2D eigenvalue weighted by Gasteiger charge is -2.16. The third-order valence-corrected chi connectivity index (χ3v) is 3.92. The molecule has 0 N–H and O–H groups in total. The summed E-state index contributed by atoms with van der Waals surface area (Å²) in [5, 5.41) is 0. The van der Waals surface area contributed by atoms with Crippen molar-refractivity contribution in [1.82, 2.24) is 0 Å². The van der Waals surface area contributed by atoms with Crippen LogP contribution in [0.5, 0.6) is 5.75 Å². The summed E-state index contributed by atoms with van der Waals surface area (Å²) in [5.74, 6) is 0.216. The number of benzene rings is 2. The summed E-state index contributed by atoms with van der Waals surface area (Å²) in [5.41, 5.74) is 2.93. The van der Waals surface area contributed by atoms with E-state index in [9.17, 15) is 8.78 Å². The third kappa shape index (κ3) is 3.85. The van der Waals surface area contributed by atoms with Gasteiger partial charge in [0.15, 0.2) is 0 Å². The van der Waals surface area contributed by atoms with Gasteiger partial charge in [0.05, 0.1) is 7.11 Å². The molecule has 1 unspecified atom stereocenters. The van der Waals surface area contributed by atoms with E-state index in [4.69, 9.17) is 4.74 Å². The van der Waals surface area contributed by atoms with Crippen LogP contribution >= 0.6 is 0 Å². The van der Waals surface area contributed by atoms with Gasteiger partial charge in [0.1, 0.15) is 17.4 Å². The number of ether oxygens (including phenoxy) is 1. The highest BCUT2D eigenvalue weighted by atomic mass is 19.1. The van der Waals surface area contributed by atoms with Crippen molar-refractivity contribution in [2.45, 2.75) is 39.0 Å². The van der Waals surface area contributed by atoms with Gasteiger partial charge in [-0.05, 0) is 53.1 Å². The summed E-state index contributed by atoms with van der Waals surface area (Å²) < 4.78 is 32.1. The lowest BCUT2D eigenvalue weighted by molar-refractivity contribution is 0.407. The molecule has 118 valence electrons. The summed E-state index contributed by atoms with van der Waals surface area (Å²) in [6.07, 6.45) is 0.706. The van der Waals surface area contributed by atoms with Crippen LogP contribution < -0.4 is 4.74 Å². The van der Waals surface area contributed by atoms with Crippen molar-refractivity contribution in [3.63, 3.8) is 0 Å². The Balaban J connectivity index is 2.22. The largest absolute Gasteiger partial charge is 0.496 e. The fraction of sp³-hybridized carbons (Fsp3) is 0.368. The van der Waals surface area contributed by atoms with E-state index in [2.05, 4.69) is 26.0 Å². The molecule has 0 fully saturated rings. The topological polar surface area (TPSA) is 9.23 Å². The molecule has 0 aliphatic heterocycles. The van der Waals surface area contributed by atoms with Gasteiger partial charge in [-0.25, -0.2) is 8.78 Å². The molecule has 2 aromatic rings. The van der Waals surface area contributed by atoms with E-state index in [0.29, 0.717) is 17.9 Å². The van der Waals surface area contributed by atoms with Gasteiger partial charge in [0, 0.05) is 6.07 Å². The fourth-order valence-electron chi connectivity index (χ4n) is 2.69. The standard InChI is InChI=1S/C19H22F2O/c1-12(2)18-6-5-14(8-19(18)22-4)7-13(3)15-9-16(20)11-17(21)10-15/h5-6,8-13H,7H2,1-4H3. The minimum absolute atomic E-state index is 0.0276. The van der Waals surface area contributed by atoms with Crippen LogP contribution in [-0.2, 0) is 6.42 Å². The molecule has 0 aromatic heterocycles. The van der Waals surface area contributed by atoms with Crippen molar-refractivity contribution in [1.29, 1.82) is 0 Å². The van der Waals surface area contributed by atoms with Crippen LogP contribution in [0.2, 0.25) is 0 Å². The van der Waals surface area contributed by atoms with Crippen molar-refractivity contribution in [3.8, 4) is 5.75 Å². The van der Waals surface area contributed by atoms with Crippen molar-refractivity contribution >= 4 is 0 Å². The SMILES string of the molecule is COc1cc(CC(C)c2cc(F)cc(F)c2)ccc1C(C)C. The molecule has 0 amide bonds. The fourth-order valence-corrected chi connectivity index (χ4v) is 2.69. The van der Waals surface area contributed by atoms with Crippen LogP contribution in [0.1, 0.15) is 49.3 Å². The quantitative estimate of drug-likeness (QED) is 0.714. The maximum absolute atomic E-state index is 13.3. The third-order valence-electron chi connectivity index (χ3n) is 3.92. The molecule has 0 spiro atoms. The Morgan fingerprint density at radius 3 is 2.14 bits per heavy atom. The van der Waals surface area contributed by atoms with Crippen molar-refractivity contribution < 1.29 is 13.5 Å². The summed E-state index contributed by atoms with van der Waals surface area (Å²) in [7, 11) is 1.66. The second kappa shape index (κ2) is 6.91. The first-order chi connectivity index (χ1) is 10.4. The molecule has 0 radical (unpaired) electrons. The minimum atomic E-state index is -0.533. The molecule has 0 heterocycles. The highest BCUT2D eigenvalue weighted by Crippen LogP contribution is 2.30. The van der Waals surface area contributed by atoms with Crippen LogP contribution in [-0.4, -0.2) is 7.11 Å². The van der Waals surface area contributed by atoms with Gasteiger partial charge in [-0.2, -0.15) is 0 Å². The number of rotatable bonds is 5. The predicted octanol–water partition coefficient (Wildman–Crippen LogP) is 5.44. The zero-order chi connectivity index (χ0) is 16.3. The number of hydrogen-bond donors (Lipinski definition) is 0. The number of hydrogen-bond acceptors (Lipinski definition) is 1. The summed E-state index contributed by atoms with van der Waals surface area (Å²) in [4.78, 5) is 0. The van der Waals surface area contributed by atoms with Gasteiger partial charge in [0.25, 0.3) is 0 Å². The molecule has 3 heteroatoms. The van der Waals surface area contributed by atoms with E-state index in [1.54, 1.807) is 7.11 Å². The minimum Gasteiger partial charge on any atom is -0.496 e. The molecule has 0 aliphatic carbocycles. The molecule has 1 atom stereocenters. The van der Waals surface area contributed by atoms with Gasteiger partial charge in [-0.1, -0.05) is 32.9 Å². The zero-order valence-electron chi connectivity index (χ0n) is 13.5. The van der Waals surface area contributed by atoms with Crippen molar-refractivity contribution in [2.75, 3.05) is 7.11 Å². The average Bonchev–Trinajstić information content (AvgIpc) is 2.45. The Morgan fingerprint density at radius 1 is 0.955 bits per heavy atom. The molecule has 22 heavy (non-hydrogen) atoms. The highest BCUT2D eigenvalue weighted by molar-refractivity contribution is 5.40. The van der Waals surface area contributed by atoms with Gasteiger partial charge < -0.3 is 4.74 Å². The lowest BCUT2D eigenvalue weighted by atomic mass is 9.92. The molecule has 2 rings (SSSR count). The Bertz CT molecular complexity index is 630. The van der Waals surface area contributed by atoms with Crippen LogP contribution in [0.3, 0.4) is 0 Å². The van der Waals surface area contributed by atoms with Gasteiger partial charge >= 0.3 is 0 Å². The van der Waals surface area contributed by atoms with Gasteiger partial charge in [-0.15, -0.1) is 0 Å². The van der Waals surface area contributed by atoms with Crippen LogP contribution in [0.15, 0.2) is 36.4 Å². The average molecular weight is 304 g/mol. The second-order valence-corrected chi connectivity index (χ2v) is 6.04. The summed E-state index contributed by atoms with van der Waals surface area (Å²) >= 11 is 0. The molecular weight excluding hydrogens is 282 g/mol. The molecule has 0 saturated heterocycles. The van der Waals surface area contributed by atoms with E-state index < -0.39 is 11.6 Å². The monoisotopic (exact) mass is 304 g/mol. The molecular formula is C19H22F2O. The first kappa shape index (κ1) is 16.5. The number of halogens is 2. The normalized spacial score (nSPS) is 12.5. The van der Waals surface area contributed by atoms with Crippen LogP contribution in [0.25, 0.3) is 0 Å². The van der Waals surface area contributed by atoms with Crippen LogP contribution in [0.4, 0.5) is 8.78 Å². The van der Waals surface area contributed by atoms with E-state index in [1.165, 1.54) is 12.1 Å². The maximum atomic E-state index is 13.3. The van der Waals surface area contributed by atoms with E-state index in [-0.39, 0.29) is 5.92 Å². The highest BCUT2D eigenvalue weighted by Gasteiger charge is 2.13. The van der Waals surface area contributed by atoms with E-state index >= 15 is 0 Å². The van der Waals surface area contributed by atoms with Crippen LogP contribution in [0, 0.1) is 11.6 Å².